The second-order valence-corrected chi connectivity index (χ2v) is 7.84. The summed E-state index contributed by atoms with van der Waals surface area (Å²) in [7, 11) is 0. The molecule has 134 valence electrons. The Balaban J connectivity index is 1.56. The van der Waals surface area contributed by atoms with Gasteiger partial charge in [-0.25, -0.2) is 0 Å². The highest BCUT2D eigenvalue weighted by Gasteiger charge is 2.54. The largest absolute Gasteiger partial charge is 0.282 e. The van der Waals surface area contributed by atoms with Crippen molar-refractivity contribution in [1.29, 1.82) is 0 Å². The molecule has 2 aromatic rings. The maximum Gasteiger partial charge on any atom is 0.233 e. The van der Waals surface area contributed by atoms with Crippen LogP contribution in [0.15, 0.2) is 54.6 Å². The van der Waals surface area contributed by atoms with Crippen molar-refractivity contribution in [3.8, 4) is 0 Å². The molecule has 1 aliphatic heterocycles. The summed E-state index contributed by atoms with van der Waals surface area (Å²) in [4.78, 5) is 27.5. The number of amides is 2. The minimum Gasteiger partial charge on any atom is -0.282 e. The quantitative estimate of drug-likeness (QED) is 0.752. The number of imide groups is 1. The predicted molar refractivity (Wildman–Crippen MR) is 102 cm³/mol. The van der Waals surface area contributed by atoms with Gasteiger partial charge in [-0.1, -0.05) is 60.5 Å². The molecule has 3 nitrogen and oxygen atoms in total. The zero-order chi connectivity index (χ0) is 18.1. The lowest BCUT2D eigenvalue weighted by molar-refractivity contribution is -0.155. The van der Waals surface area contributed by atoms with Crippen LogP contribution in [0.25, 0.3) is 0 Å². The van der Waals surface area contributed by atoms with Crippen LogP contribution in [0.4, 0.5) is 0 Å². The minimum absolute atomic E-state index is 0.00429. The lowest BCUT2D eigenvalue weighted by Crippen LogP contribution is -2.54. The molecule has 26 heavy (non-hydrogen) atoms. The van der Waals surface area contributed by atoms with Crippen molar-refractivity contribution in [2.75, 3.05) is 6.54 Å². The first kappa shape index (κ1) is 17.3. The average Bonchev–Trinajstić information content (AvgIpc) is 3.07. The maximum absolute atomic E-state index is 13.2. The number of carbonyl (C=O) groups excluding carboxylic acids is 2. The Morgan fingerprint density at radius 1 is 1.08 bits per heavy atom. The average molecular weight is 368 g/mol. The van der Waals surface area contributed by atoms with E-state index in [4.69, 9.17) is 11.6 Å². The van der Waals surface area contributed by atoms with Gasteiger partial charge in [-0.15, -0.1) is 0 Å². The topological polar surface area (TPSA) is 37.4 Å². The smallest absolute Gasteiger partial charge is 0.233 e. The number of fused-ring (bicyclic) bond motifs is 1. The standard InChI is InChI=1S/C22H22ClNO2/c23-18-9-4-6-16(14-18)11-13-24-20(25)15-22(17-7-2-1-3-8-17)12-5-10-19(22)21(24)26/h1-4,6-9,14,19H,5,10-13,15H2. The molecule has 2 unspecified atom stereocenters. The number of piperidine rings is 1. The highest BCUT2D eigenvalue weighted by atomic mass is 35.5. The van der Waals surface area contributed by atoms with Gasteiger partial charge in [-0.3, -0.25) is 14.5 Å². The number of halogens is 1. The van der Waals surface area contributed by atoms with Gasteiger partial charge in [-0.2, -0.15) is 0 Å². The molecule has 2 fully saturated rings. The molecule has 2 aliphatic rings. The third-order valence-corrected chi connectivity index (χ3v) is 6.21. The van der Waals surface area contributed by atoms with Crippen molar-refractivity contribution >= 4 is 23.4 Å². The van der Waals surface area contributed by atoms with Crippen molar-refractivity contribution in [3.63, 3.8) is 0 Å². The molecule has 1 heterocycles. The molecular weight excluding hydrogens is 346 g/mol. The molecule has 2 amide bonds. The van der Waals surface area contributed by atoms with E-state index in [0.717, 1.165) is 30.4 Å². The van der Waals surface area contributed by atoms with Crippen LogP contribution in [0.5, 0.6) is 0 Å². The fourth-order valence-electron chi connectivity index (χ4n) is 4.71. The SMILES string of the molecule is O=C1CC2(c3ccccc3)CCCC2C(=O)N1CCc1cccc(Cl)c1. The van der Waals surface area contributed by atoms with Gasteiger partial charge in [0.25, 0.3) is 0 Å². The van der Waals surface area contributed by atoms with Gasteiger partial charge in [0.2, 0.25) is 11.8 Å². The van der Waals surface area contributed by atoms with E-state index in [1.807, 2.05) is 42.5 Å². The molecule has 1 saturated heterocycles. The Morgan fingerprint density at radius 3 is 2.65 bits per heavy atom. The first-order valence-corrected chi connectivity index (χ1v) is 9.62. The molecule has 1 aliphatic carbocycles. The number of benzene rings is 2. The van der Waals surface area contributed by atoms with Gasteiger partial charge in [0.1, 0.15) is 0 Å². The third-order valence-electron chi connectivity index (χ3n) is 5.98. The zero-order valence-corrected chi connectivity index (χ0v) is 15.4. The van der Waals surface area contributed by atoms with Crippen LogP contribution in [0.1, 0.15) is 36.8 Å². The summed E-state index contributed by atoms with van der Waals surface area (Å²) in [6.07, 6.45) is 3.86. The zero-order valence-electron chi connectivity index (χ0n) is 14.7. The molecular formula is C22H22ClNO2. The molecule has 1 saturated carbocycles. The number of hydrogen-bond donors (Lipinski definition) is 0. The fourth-order valence-corrected chi connectivity index (χ4v) is 4.92. The number of hydrogen-bond acceptors (Lipinski definition) is 2. The van der Waals surface area contributed by atoms with Gasteiger partial charge in [0.15, 0.2) is 0 Å². The maximum atomic E-state index is 13.2. The lowest BCUT2D eigenvalue weighted by Gasteiger charge is -2.42. The molecule has 0 bridgehead atoms. The first-order chi connectivity index (χ1) is 12.6. The van der Waals surface area contributed by atoms with Crippen molar-refractivity contribution < 1.29 is 9.59 Å². The number of carbonyl (C=O) groups is 2. The van der Waals surface area contributed by atoms with Gasteiger partial charge < -0.3 is 0 Å². The highest BCUT2D eigenvalue weighted by Crippen LogP contribution is 2.51. The van der Waals surface area contributed by atoms with Crippen LogP contribution in [0.3, 0.4) is 0 Å². The van der Waals surface area contributed by atoms with Crippen LogP contribution in [0, 0.1) is 5.92 Å². The summed E-state index contributed by atoms with van der Waals surface area (Å²) >= 11 is 6.04. The number of rotatable bonds is 4. The van der Waals surface area contributed by atoms with E-state index in [1.54, 1.807) is 0 Å². The van der Waals surface area contributed by atoms with Crippen molar-refractivity contribution in [2.24, 2.45) is 5.92 Å². The van der Waals surface area contributed by atoms with Gasteiger partial charge in [0, 0.05) is 29.3 Å². The summed E-state index contributed by atoms with van der Waals surface area (Å²) in [6, 6.07) is 17.7. The first-order valence-electron chi connectivity index (χ1n) is 9.24. The lowest BCUT2D eigenvalue weighted by atomic mass is 9.67. The Kier molecular flexibility index (Phi) is 4.58. The van der Waals surface area contributed by atoms with E-state index < -0.39 is 0 Å². The molecule has 2 atom stereocenters. The van der Waals surface area contributed by atoms with Crippen molar-refractivity contribution in [1.82, 2.24) is 4.90 Å². The van der Waals surface area contributed by atoms with E-state index in [9.17, 15) is 9.59 Å². The second-order valence-electron chi connectivity index (χ2n) is 7.41. The molecule has 0 spiro atoms. The molecule has 0 N–H and O–H groups in total. The summed E-state index contributed by atoms with van der Waals surface area (Å²) in [6.45, 7) is 0.430. The molecule has 4 heteroatoms. The summed E-state index contributed by atoms with van der Waals surface area (Å²) < 4.78 is 0. The summed E-state index contributed by atoms with van der Waals surface area (Å²) in [5.41, 5.74) is 1.88. The fraction of sp³-hybridized carbons (Fsp3) is 0.364. The van der Waals surface area contributed by atoms with E-state index in [0.29, 0.717) is 24.4 Å². The van der Waals surface area contributed by atoms with Gasteiger partial charge in [0.05, 0.1) is 0 Å². The summed E-state index contributed by atoms with van der Waals surface area (Å²) in [5, 5.41) is 0.678. The monoisotopic (exact) mass is 367 g/mol. The normalized spacial score (nSPS) is 25.4. The Labute approximate surface area is 159 Å². The number of nitrogens with zero attached hydrogens (tertiary/aromatic N) is 1. The Morgan fingerprint density at radius 2 is 1.88 bits per heavy atom. The Hall–Kier alpha value is -2.13. The van der Waals surface area contributed by atoms with Crippen LogP contribution < -0.4 is 0 Å². The predicted octanol–water partition coefficient (Wildman–Crippen LogP) is 4.38. The molecule has 0 aromatic heterocycles. The molecule has 0 radical (unpaired) electrons. The second kappa shape index (κ2) is 6.88. The highest BCUT2D eigenvalue weighted by molar-refractivity contribution is 6.30. The van der Waals surface area contributed by atoms with E-state index >= 15 is 0 Å². The van der Waals surface area contributed by atoms with Crippen LogP contribution >= 0.6 is 11.6 Å². The van der Waals surface area contributed by atoms with Crippen LogP contribution in [-0.4, -0.2) is 23.3 Å². The van der Waals surface area contributed by atoms with Crippen molar-refractivity contribution in [3.05, 3.63) is 70.7 Å². The van der Waals surface area contributed by atoms with Crippen LogP contribution in [0.2, 0.25) is 5.02 Å². The van der Waals surface area contributed by atoms with E-state index in [-0.39, 0.29) is 23.1 Å². The number of likely N-dealkylation sites (tertiary alicyclic amines) is 1. The van der Waals surface area contributed by atoms with E-state index in [2.05, 4.69) is 12.1 Å². The van der Waals surface area contributed by atoms with E-state index in [1.165, 1.54) is 4.90 Å². The minimum atomic E-state index is -0.304. The van der Waals surface area contributed by atoms with Gasteiger partial charge in [-0.05, 0) is 42.5 Å². The van der Waals surface area contributed by atoms with Gasteiger partial charge >= 0.3 is 0 Å². The van der Waals surface area contributed by atoms with Crippen molar-refractivity contribution in [2.45, 2.75) is 37.5 Å². The Bertz CT molecular complexity index is 835. The third kappa shape index (κ3) is 2.95. The van der Waals surface area contributed by atoms with Crippen LogP contribution in [-0.2, 0) is 21.4 Å². The molecule has 4 rings (SSSR count). The molecule has 2 aromatic carbocycles. The summed E-state index contributed by atoms with van der Waals surface area (Å²) in [5.74, 6) is -0.120.